The van der Waals surface area contributed by atoms with Crippen LogP contribution in [0.2, 0.25) is 0 Å². The molecule has 5 nitrogen and oxygen atoms in total. The molecule has 0 aliphatic heterocycles. The van der Waals surface area contributed by atoms with Gasteiger partial charge >= 0.3 is 0 Å². The maximum Gasteiger partial charge on any atom is 0.286 e. The van der Waals surface area contributed by atoms with Crippen molar-refractivity contribution in [2.24, 2.45) is 0 Å². The fraction of sp³-hybridized carbons (Fsp3) is 0.500. The molecule has 2 rings (SSSR count). The third-order valence-corrected chi connectivity index (χ3v) is 1.78. The molecule has 0 radical (unpaired) electrons. The summed E-state index contributed by atoms with van der Waals surface area (Å²) in [6.07, 6.45) is 1.78. The molecule has 1 aromatic rings. The number of carbonyl (C=O) groups excluding carboxylic acids is 1. The molecule has 0 saturated heterocycles. The van der Waals surface area contributed by atoms with E-state index in [-0.39, 0.29) is 11.5 Å². The summed E-state index contributed by atoms with van der Waals surface area (Å²) in [7, 11) is 0. The Balaban J connectivity index is 2.55. The molecule has 0 amide bonds. The van der Waals surface area contributed by atoms with E-state index in [2.05, 4.69) is 9.79 Å². The third-order valence-electron chi connectivity index (χ3n) is 1.78. The minimum absolute atomic E-state index is 0.0930. The number of nitrogens with zero attached hydrogens (tertiary/aromatic N) is 2. The second-order valence-corrected chi connectivity index (χ2v) is 2.50. The molecule has 1 aliphatic carbocycles. The molecule has 1 aliphatic rings. The van der Waals surface area contributed by atoms with Gasteiger partial charge in [0.25, 0.3) is 5.69 Å². The van der Waals surface area contributed by atoms with Crippen molar-refractivity contribution in [1.29, 1.82) is 0 Å². The Morgan fingerprint density at radius 1 is 1.55 bits per heavy atom. The highest BCUT2D eigenvalue weighted by molar-refractivity contribution is 5.95. The van der Waals surface area contributed by atoms with Crippen LogP contribution in [0, 0.1) is 5.21 Å². The van der Waals surface area contributed by atoms with Crippen LogP contribution in [0.3, 0.4) is 0 Å². The second-order valence-electron chi connectivity index (χ2n) is 2.50. The van der Waals surface area contributed by atoms with Gasteiger partial charge in [-0.1, -0.05) is 0 Å². The molecule has 58 valence electrons. The van der Waals surface area contributed by atoms with Crippen LogP contribution in [0.25, 0.3) is 0 Å². The van der Waals surface area contributed by atoms with Crippen molar-refractivity contribution in [1.82, 2.24) is 5.16 Å². The second kappa shape index (κ2) is 2.05. The molecule has 0 spiro atoms. The predicted octanol–water partition coefficient (Wildman–Crippen LogP) is -0.173. The summed E-state index contributed by atoms with van der Waals surface area (Å²) in [6.45, 7) is 0. The van der Waals surface area contributed by atoms with E-state index in [1.165, 1.54) is 0 Å². The number of fused-ring (bicyclic) bond motifs is 1. The molecule has 0 bridgehead atoms. The van der Waals surface area contributed by atoms with Crippen LogP contribution in [0.15, 0.2) is 4.63 Å². The molecule has 1 aromatic heterocycles. The highest BCUT2D eigenvalue weighted by atomic mass is 16.8. The van der Waals surface area contributed by atoms with Gasteiger partial charge in [-0.25, -0.2) is 0 Å². The monoisotopic (exact) mass is 154 g/mol. The summed E-state index contributed by atoms with van der Waals surface area (Å²) >= 11 is 0. The number of Topliss-reactive ketones (excluding diaryl/α,β-unsaturated/α-hetero) is 1. The van der Waals surface area contributed by atoms with Gasteiger partial charge < -0.3 is 5.21 Å². The van der Waals surface area contributed by atoms with Crippen molar-refractivity contribution in [3.8, 4) is 0 Å². The van der Waals surface area contributed by atoms with Gasteiger partial charge in [0.05, 0.1) is 0 Å². The Bertz CT molecular complexity index is 305. The van der Waals surface area contributed by atoms with E-state index in [1.807, 2.05) is 0 Å². The molecule has 5 heteroatoms. The molecule has 0 aromatic carbocycles. The van der Waals surface area contributed by atoms with Gasteiger partial charge in [0.15, 0.2) is 0 Å². The lowest BCUT2D eigenvalue weighted by molar-refractivity contribution is -0.808. The van der Waals surface area contributed by atoms with Crippen LogP contribution in [-0.2, 0) is 6.42 Å². The lowest BCUT2D eigenvalue weighted by atomic mass is 10.0. The number of hydrogen-bond donors (Lipinski definition) is 0. The van der Waals surface area contributed by atoms with Gasteiger partial charge in [0, 0.05) is 18.0 Å². The smallest absolute Gasteiger partial charge is 0.286 e. The molecule has 0 saturated carbocycles. The van der Waals surface area contributed by atoms with Crippen molar-refractivity contribution >= 4 is 5.78 Å². The molecule has 0 N–H and O–H groups in total. The minimum Gasteiger partial charge on any atom is -0.359 e. The van der Waals surface area contributed by atoms with Crippen molar-refractivity contribution in [2.45, 2.75) is 19.3 Å². The van der Waals surface area contributed by atoms with Crippen LogP contribution in [0.4, 0.5) is 0 Å². The Morgan fingerprint density at radius 3 is 3.09 bits per heavy atom. The van der Waals surface area contributed by atoms with E-state index in [0.29, 0.717) is 23.4 Å². The van der Waals surface area contributed by atoms with E-state index in [0.717, 1.165) is 6.42 Å². The number of hydrogen-bond acceptors (Lipinski definition) is 4. The minimum atomic E-state index is -0.0930. The summed E-state index contributed by atoms with van der Waals surface area (Å²) in [4.78, 5) is 11.3. The Kier molecular flexibility index (Phi) is 1.18. The van der Waals surface area contributed by atoms with Gasteiger partial charge in [0.2, 0.25) is 11.5 Å². The zero-order valence-corrected chi connectivity index (χ0v) is 5.74. The first kappa shape index (κ1) is 6.33. The van der Waals surface area contributed by atoms with Gasteiger partial charge in [-0.15, -0.1) is 0 Å². The van der Waals surface area contributed by atoms with Crippen LogP contribution >= 0.6 is 0 Å². The van der Waals surface area contributed by atoms with E-state index < -0.39 is 0 Å². The van der Waals surface area contributed by atoms with Gasteiger partial charge in [-0.2, -0.15) is 0 Å². The van der Waals surface area contributed by atoms with Gasteiger partial charge in [-0.05, 0) is 11.3 Å². The molecule has 0 unspecified atom stereocenters. The molecular formula is C6H6N2O3. The Morgan fingerprint density at radius 2 is 2.36 bits per heavy atom. The van der Waals surface area contributed by atoms with E-state index >= 15 is 0 Å². The van der Waals surface area contributed by atoms with Gasteiger partial charge in [0.1, 0.15) is 0 Å². The molecule has 0 fully saturated rings. The third kappa shape index (κ3) is 0.806. The number of rotatable bonds is 0. The summed E-state index contributed by atoms with van der Waals surface area (Å²) < 4.78 is 4.28. The molecule has 0 atom stereocenters. The largest absolute Gasteiger partial charge is 0.359 e. The first-order chi connectivity index (χ1) is 5.29. The quantitative estimate of drug-likeness (QED) is 0.486. The van der Waals surface area contributed by atoms with Crippen LogP contribution < -0.4 is 4.90 Å². The van der Waals surface area contributed by atoms with Crippen LogP contribution in [0.1, 0.15) is 29.0 Å². The number of carbonyl (C=O) groups is 1. The normalized spacial score (nSPS) is 16.5. The lowest BCUT2D eigenvalue weighted by Crippen LogP contribution is -2.30. The van der Waals surface area contributed by atoms with Crippen molar-refractivity contribution in [2.75, 3.05) is 0 Å². The Hall–Kier alpha value is -1.39. The van der Waals surface area contributed by atoms with E-state index in [9.17, 15) is 10.0 Å². The summed E-state index contributed by atoms with van der Waals surface area (Å²) in [5, 5.41) is 14.1. The lowest BCUT2D eigenvalue weighted by Gasteiger charge is -2.01. The van der Waals surface area contributed by atoms with Crippen molar-refractivity contribution in [3.63, 3.8) is 0 Å². The maximum absolute atomic E-state index is 11.0. The summed E-state index contributed by atoms with van der Waals surface area (Å²) in [6, 6.07) is 0. The number of aromatic nitrogens is 2. The molecular weight excluding hydrogens is 148 g/mol. The number of ketones is 1. The Labute approximate surface area is 62.1 Å². The first-order valence-corrected chi connectivity index (χ1v) is 3.41. The summed E-state index contributed by atoms with van der Waals surface area (Å²) in [5.41, 5.74) is 0.590. The highest BCUT2D eigenvalue weighted by Crippen LogP contribution is 2.15. The van der Waals surface area contributed by atoms with E-state index in [1.54, 1.807) is 0 Å². The topological polar surface area (TPSA) is 70.0 Å². The summed E-state index contributed by atoms with van der Waals surface area (Å²) in [5.74, 6) is -0.0930. The SMILES string of the molecule is O=C1CCCc2c1no[n+]2[O-]. The van der Waals surface area contributed by atoms with Crippen LogP contribution in [-0.4, -0.2) is 10.9 Å². The average Bonchev–Trinajstić information content (AvgIpc) is 2.35. The van der Waals surface area contributed by atoms with Crippen LogP contribution in [0.5, 0.6) is 0 Å². The fourth-order valence-corrected chi connectivity index (χ4v) is 1.22. The standard InChI is InChI=1S/C6H6N2O3/c9-5-3-1-2-4-6(5)7-11-8(4)10/h1-3H2. The molecule has 11 heavy (non-hydrogen) atoms. The van der Waals surface area contributed by atoms with Crippen molar-refractivity contribution in [3.05, 3.63) is 16.6 Å². The van der Waals surface area contributed by atoms with E-state index in [4.69, 9.17) is 0 Å². The highest BCUT2D eigenvalue weighted by Gasteiger charge is 2.29. The average molecular weight is 154 g/mol. The zero-order chi connectivity index (χ0) is 7.84. The molecule has 1 heterocycles. The maximum atomic E-state index is 11.0. The fourth-order valence-electron chi connectivity index (χ4n) is 1.22. The van der Waals surface area contributed by atoms with Crippen molar-refractivity contribution < 1.29 is 14.3 Å². The van der Waals surface area contributed by atoms with Gasteiger partial charge in [-0.3, -0.25) is 9.42 Å². The zero-order valence-electron chi connectivity index (χ0n) is 5.74. The first-order valence-electron chi connectivity index (χ1n) is 3.41. The predicted molar refractivity (Wildman–Crippen MR) is 32.7 cm³/mol.